The molecule has 21 heavy (non-hydrogen) atoms. The molecule has 114 valence electrons. The van der Waals surface area contributed by atoms with Gasteiger partial charge < -0.3 is 9.84 Å². The van der Waals surface area contributed by atoms with Gasteiger partial charge in [0.2, 0.25) is 5.88 Å². The minimum atomic E-state index is -0.720. The van der Waals surface area contributed by atoms with Crippen molar-refractivity contribution in [1.82, 2.24) is 9.13 Å². The quantitative estimate of drug-likeness (QED) is 0.944. The van der Waals surface area contributed by atoms with Crippen molar-refractivity contribution in [1.29, 1.82) is 0 Å². The third-order valence-electron chi connectivity index (χ3n) is 2.88. The Bertz CT molecular complexity index is 722. The normalized spacial score (nSPS) is 11.1. The van der Waals surface area contributed by atoms with Crippen LogP contribution in [0.1, 0.15) is 20.8 Å². The number of imidazole rings is 1. The second kappa shape index (κ2) is 5.81. The van der Waals surface area contributed by atoms with Gasteiger partial charge in [-0.1, -0.05) is 11.6 Å². The van der Waals surface area contributed by atoms with Crippen molar-refractivity contribution in [3.63, 3.8) is 0 Å². The summed E-state index contributed by atoms with van der Waals surface area (Å²) < 4.78 is 21.7. The van der Waals surface area contributed by atoms with Crippen molar-refractivity contribution < 1.29 is 14.2 Å². The average Bonchev–Trinajstić information content (AvgIpc) is 2.67. The lowest BCUT2D eigenvalue weighted by molar-refractivity contribution is 0.242. The Morgan fingerprint density at radius 2 is 2.10 bits per heavy atom. The molecule has 2 rings (SSSR count). The number of rotatable bonds is 4. The number of hydrogen-bond acceptors (Lipinski definition) is 3. The highest BCUT2D eigenvalue weighted by Crippen LogP contribution is 2.31. The van der Waals surface area contributed by atoms with Crippen molar-refractivity contribution in [3.8, 4) is 17.3 Å². The fourth-order valence-corrected chi connectivity index (χ4v) is 2.16. The molecule has 0 saturated carbocycles. The Morgan fingerprint density at radius 1 is 1.43 bits per heavy atom. The SMILES string of the molecule is CCn1cc(O)n(-c2cc(OC(C)C)c(Cl)cc2F)c1=O. The fraction of sp³-hybridized carbons (Fsp3) is 0.357. The largest absolute Gasteiger partial charge is 0.493 e. The van der Waals surface area contributed by atoms with Crippen LogP contribution in [-0.2, 0) is 6.54 Å². The summed E-state index contributed by atoms with van der Waals surface area (Å²) in [5, 5.41) is 9.97. The van der Waals surface area contributed by atoms with E-state index in [1.807, 2.05) is 0 Å². The zero-order valence-corrected chi connectivity index (χ0v) is 12.7. The van der Waals surface area contributed by atoms with Crippen molar-refractivity contribution in [3.05, 3.63) is 39.7 Å². The molecule has 0 aliphatic carbocycles. The molecule has 0 amide bonds. The third-order valence-corrected chi connectivity index (χ3v) is 3.18. The third kappa shape index (κ3) is 2.90. The van der Waals surface area contributed by atoms with E-state index in [0.717, 1.165) is 10.6 Å². The van der Waals surface area contributed by atoms with E-state index in [-0.39, 0.29) is 28.4 Å². The molecule has 0 spiro atoms. The van der Waals surface area contributed by atoms with Crippen LogP contribution in [0.4, 0.5) is 4.39 Å². The predicted octanol–water partition coefficient (Wildman–Crippen LogP) is 2.94. The van der Waals surface area contributed by atoms with Gasteiger partial charge >= 0.3 is 5.69 Å². The molecule has 0 radical (unpaired) electrons. The molecule has 0 atom stereocenters. The summed E-state index contributed by atoms with van der Waals surface area (Å²) in [7, 11) is 0. The summed E-state index contributed by atoms with van der Waals surface area (Å²) in [5.74, 6) is -0.820. The van der Waals surface area contributed by atoms with Crippen LogP contribution in [-0.4, -0.2) is 20.3 Å². The van der Waals surface area contributed by atoms with Crippen LogP contribution < -0.4 is 10.4 Å². The smallest absolute Gasteiger partial charge is 0.335 e. The first-order valence-corrected chi connectivity index (χ1v) is 6.90. The zero-order chi connectivity index (χ0) is 15.7. The van der Waals surface area contributed by atoms with Crippen molar-refractivity contribution in [2.75, 3.05) is 0 Å². The molecular weight excluding hydrogens is 299 g/mol. The summed E-state index contributed by atoms with van der Waals surface area (Å²) in [5.41, 5.74) is -0.642. The lowest BCUT2D eigenvalue weighted by Crippen LogP contribution is -2.23. The highest BCUT2D eigenvalue weighted by molar-refractivity contribution is 6.32. The summed E-state index contributed by atoms with van der Waals surface area (Å²) in [4.78, 5) is 12.1. The first kappa shape index (κ1) is 15.4. The molecule has 0 unspecified atom stereocenters. The fourth-order valence-electron chi connectivity index (χ4n) is 1.97. The number of halogens is 2. The zero-order valence-electron chi connectivity index (χ0n) is 11.9. The minimum absolute atomic E-state index is 0.104. The maximum Gasteiger partial charge on any atom is 0.335 e. The molecule has 7 heteroatoms. The van der Waals surface area contributed by atoms with Crippen molar-refractivity contribution >= 4 is 11.6 Å². The molecule has 0 aliphatic rings. The van der Waals surface area contributed by atoms with E-state index in [9.17, 15) is 14.3 Å². The first-order chi connectivity index (χ1) is 9.85. The minimum Gasteiger partial charge on any atom is -0.493 e. The maximum absolute atomic E-state index is 14.1. The van der Waals surface area contributed by atoms with Crippen LogP contribution in [0.3, 0.4) is 0 Å². The van der Waals surface area contributed by atoms with Gasteiger partial charge in [0, 0.05) is 12.6 Å². The Hall–Kier alpha value is -1.95. The Balaban J connectivity index is 2.64. The average molecular weight is 315 g/mol. The van der Waals surface area contributed by atoms with Gasteiger partial charge in [0.05, 0.1) is 23.0 Å². The van der Waals surface area contributed by atoms with E-state index in [1.54, 1.807) is 20.8 Å². The van der Waals surface area contributed by atoms with E-state index >= 15 is 0 Å². The summed E-state index contributed by atoms with van der Waals surface area (Å²) in [6, 6.07) is 2.36. The molecule has 0 bridgehead atoms. The molecule has 5 nitrogen and oxygen atoms in total. The van der Waals surface area contributed by atoms with Crippen LogP contribution in [0.2, 0.25) is 5.02 Å². The van der Waals surface area contributed by atoms with Gasteiger partial charge in [-0.15, -0.1) is 0 Å². The number of benzene rings is 1. The standard InChI is InChI=1S/C14H16ClFN2O3/c1-4-17-7-13(19)18(14(17)20)11-6-12(21-8(2)3)9(15)5-10(11)16/h5-8,19H,4H2,1-3H3. The molecule has 0 fully saturated rings. The van der Waals surface area contributed by atoms with Gasteiger partial charge in [0.25, 0.3) is 0 Å². The van der Waals surface area contributed by atoms with Gasteiger partial charge in [-0.2, -0.15) is 0 Å². The van der Waals surface area contributed by atoms with Crippen LogP contribution in [0.25, 0.3) is 5.69 Å². The van der Waals surface area contributed by atoms with Crippen LogP contribution >= 0.6 is 11.6 Å². The van der Waals surface area contributed by atoms with Gasteiger partial charge in [0.1, 0.15) is 11.6 Å². The molecule has 1 aromatic heterocycles. The number of aryl methyl sites for hydroxylation is 1. The summed E-state index contributed by atoms with van der Waals surface area (Å²) in [6.07, 6.45) is 1.09. The van der Waals surface area contributed by atoms with E-state index in [0.29, 0.717) is 6.54 Å². The highest BCUT2D eigenvalue weighted by atomic mass is 35.5. The van der Waals surface area contributed by atoms with Gasteiger partial charge in [-0.3, -0.25) is 4.57 Å². The van der Waals surface area contributed by atoms with E-state index in [2.05, 4.69) is 0 Å². The molecule has 0 aliphatic heterocycles. The molecule has 0 saturated heterocycles. The van der Waals surface area contributed by atoms with E-state index < -0.39 is 11.5 Å². The highest BCUT2D eigenvalue weighted by Gasteiger charge is 2.18. The predicted molar refractivity (Wildman–Crippen MR) is 78.1 cm³/mol. The summed E-state index contributed by atoms with van der Waals surface area (Å²) in [6.45, 7) is 5.72. The lowest BCUT2D eigenvalue weighted by atomic mass is 10.2. The number of aromatic hydroxyl groups is 1. The van der Waals surface area contributed by atoms with Crippen molar-refractivity contribution in [2.45, 2.75) is 33.4 Å². The molecule has 2 aromatic rings. The molecular formula is C14H16ClFN2O3. The Labute approximate surface area is 126 Å². The maximum atomic E-state index is 14.1. The number of hydrogen-bond donors (Lipinski definition) is 1. The number of aromatic nitrogens is 2. The van der Waals surface area contributed by atoms with Crippen molar-refractivity contribution in [2.24, 2.45) is 0 Å². The molecule has 1 aromatic carbocycles. The van der Waals surface area contributed by atoms with Gasteiger partial charge in [-0.05, 0) is 26.8 Å². The van der Waals surface area contributed by atoms with Crippen LogP contribution in [0.5, 0.6) is 11.6 Å². The first-order valence-electron chi connectivity index (χ1n) is 6.52. The molecule has 1 N–H and O–H groups in total. The van der Waals surface area contributed by atoms with E-state index in [1.165, 1.54) is 16.8 Å². The molecule has 1 heterocycles. The Kier molecular flexibility index (Phi) is 4.27. The van der Waals surface area contributed by atoms with E-state index in [4.69, 9.17) is 16.3 Å². The van der Waals surface area contributed by atoms with Crippen LogP contribution in [0.15, 0.2) is 23.1 Å². The Morgan fingerprint density at radius 3 is 2.62 bits per heavy atom. The number of ether oxygens (including phenoxy) is 1. The monoisotopic (exact) mass is 314 g/mol. The lowest BCUT2D eigenvalue weighted by Gasteiger charge is -2.14. The topological polar surface area (TPSA) is 56.4 Å². The van der Waals surface area contributed by atoms with Gasteiger partial charge in [0.15, 0.2) is 0 Å². The summed E-state index contributed by atoms with van der Waals surface area (Å²) >= 11 is 5.93. The number of nitrogens with zero attached hydrogens (tertiary/aromatic N) is 2. The second-order valence-electron chi connectivity index (χ2n) is 4.79. The second-order valence-corrected chi connectivity index (χ2v) is 5.20. The van der Waals surface area contributed by atoms with Crippen LogP contribution in [0, 0.1) is 5.82 Å². The van der Waals surface area contributed by atoms with Gasteiger partial charge in [-0.25, -0.2) is 13.8 Å².